The maximum absolute atomic E-state index is 12.8. The molecule has 0 saturated carbocycles. The fourth-order valence-corrected chi connectivity index (χ4v) is 2.64. The van der Waals surface area contributed by atoms with Crippen LogP contribution >= 0.6 is 0 Å². The zero-order valence-corrected chi connectivity index (χ0v) is 13.8. The lowest BCUT2D eigenvalue weighted by Crippen LogP contribution is -2.27. The standard InChI is InChI=1S/C20H17N3O2/c1-3-12-23-20(25)17-11-6-5-10-16(17)18(22-23)19(24)21-15-9-7-8-14(4-2)13-15/h2,5-11,13H,3,12H2,1H3,(H,21,24). The van der Waals surface area contributed by atoms with E-state index in [1.54, 1.807) is 48.5 Å². The first-order valence-corrected chi connectivity index (χ1v) is 8.02. The summed E-state index contributed by atoms with van der Waals surface area (Å²) in [6.45, 7) is 2.41. The minimum absolute atomic E-state index is 0.191. The van der Waals surface area contributed by atoms with Crippen molar-refractivity contribution in [3.63, 3.8) is 0 Å². The molecule has 5 nitrogen and oxygen atoms in total. The summed E-state index contributed by atoms with van der Waals surface area (Å²) in [5.41, 5.74) is 1.28. The minimum atomic E-state index is -0.379. The van der Waals surface area contributed by atoms with Crippen LogP contribution in [0.4, 0.5) is 5.69 Å². The smallest absolute Gasteiger partial charge is 0.276 e. The van der Waals surface area contributed by atoms with Crippen LogP contribution in [-0.4, -0.2) is 15.7 Å². The van der Waals surface area contributed by atoms with E-state index in [0.717, 1.165) is 6.42 Å². The molecule has 0 aliphatic carbocycles. The van der Waals surface area contributed by atoms with Gasteiger partial charge >= 0.3 is 0 Å². The van der Waals surface area contributed by atoms with Crippen molar-refractivity contribution < 1.29 is 4.79 Å². The number of aromatic nitrogens is 2. The molecule has 2 aromatic carbocycles. The number of nitrogens with one attached hydrogen (secondary N) is 1. The van der Waals surface area contributed by atoms with Crippen LogP contribution in [-0.2, 0) is 6.54 Å². The molecule has 0 spiro atoms. The van der Waals surface area contributed by atoms with Gasteiger partial charge in [-0.15, -0.1) is 6.42 Å². The van der Waals surface area contributed by atoms with Gasteiger partial charge in [-0.2, -0.15) is 5.10 Å². The fraction of sp³-hybridized carbons (Fsp3) is 0.150. The summed E-state index contributed by atoms with van der Waals surface area (Å²) in [7, 11) is 0. The summed E-state index contributed by atoms with van der Waals surface area (Å²) in [6.07, 6.45) is 6.14. The van der Waals surface area contributed by atoms with E-state index in [0.29, 0.717) is 28.6 Å². The summed E-state index contributed by atoms with van der Waals surface area (Å²) in [4.78, 5) is 25.2. The van der Waals surface area contributed by atoms with Gasteiger partial charge in [-0.05, 0) is 30.7 Å². The van der Waals surface area contributed by atoms with E-state index in [4.69, 9.17) is 6.42 Å². The molecule has 0 bridgehead atoms. The van der Waals surface area contributed by atoms with Gasteiger partial charge in [0.25, 0.3) is 11.5 Å². The topological polar surface area (TPSA) is 64.0 Å². The van der Waals surface area contributed by atoms with Crippen LogP contribution in [0.25, 0.3) is 10.8 Å². The van der Waals surface area contributed by atoms with Gasteiger partial charge in [-0.1, -0.05) is 37.1 Å². The van der Waals surface area contributed by atoms with E-state index in [1.165, 1.54) is 4.68 Å². The second kappa shape index (κ2) is 7.02. The Hall–Kier alpha value is -3.39. The number of terminal acetylenes is 1. The molecule has 0 unspecified atom stereocenters. The molecule has 0 radical (unpaired) electrons. The number of fused-ring (bicyclic) bond motifs is 1. The monoisotopic (exact) mass is 331 g/mol. The normalized spacial score (nSPS) is 10.4. The summed E-state index contributed by atoms with van der Waals surface area (Å²) in [5, 5.41) is 8.10. The van der Waals surface area contributed by atoms with Crippen LogP contribution in [0.2, 0.25) is 0 Å². The zero-order valence-electron chi connectivity index (χ0n) is 13.8. The quantitative estimate of drug-likeness (QED) is 0.747. The molecule has 0 saturated heterocycles. The van der Waals surface area contributed by atoms with Crippen LogP contribution in [0.1, 0.15) is 29.4 Å². The van der Waals surface area contributed by atoms with E-state index < -0.39 is 0 Å². The molecule has 0 fully saturated rings. The number of rotatable bonds is 4. The van der Waals surface area contributed by atoms with Gasteiger partial charge in [0.05, 0.1) is 5.39 Å². The van der Waals surface area contributed by atoms with E-state index in [1.807, 2.05) is 6.92 Å². The first-order valence-electron chi connectivity index (χ1n) is 8.02. The van der Waals surface area contributed by atoms with Crippen LogP contribution in [0.5, 0.6) is 0 Å². The van der Waals surface area contributed by atoms with Crippen molar-refractivity contribution in [1.82, 2.24) is 9.78 Å². The maximum Gasteiger partial charge on any atom is 0.276 e. The molecule has 1 heterocycles. The van der Waals surface area contributed by atoms with Crippen LogP contribution in [0.3, 0.4) is 0 Å². The van der Waals surface area contributed by atoms with E-state index in [2.05, 4.69) is 16.3 Å². The number of hydrogen-bond donors (Lipinski definition) is 1. The highest BCUT2D eigenvalue weighted by Gasteiger charge is 2.16. The predicted molar refractivity (Wildman–Crippen MR) is 98.6 cm³/mol. The number of aryl methyl sites for hydroxylation is 1. The number of nitrogens with zero attached hydrogens (tertiary/aromatic N) is 2. The van der Waals surface area contributed by atoms with Crippen molar-refractivity contribution in [1.29, 1.82) is 0 Å². The summed E-state index contributed by atoms with van der Waals surface area (Å²) < 4.78 is 1.34. The summed E-state index contributed by atoms with van der Waals surface area (Å²) >= 11 is 0. The molecule has 25 heavy (non-hydrogen) atoms. The lowest BCUT2D eigenvalue weighted by atomic mass is 10.1. The molecule has 0 atom stereocenters. The third-order valence-corrected chi connectivity index (χ3v) is 3.81. The van der Waals surface area contributed by atoms with Gasteiger partial charge in [0.2, 0.25) is 0 Å². The third kappa shape index (κ3) is 3.29. The molecule has 1 amide bonds. The Balaban J connectivity index is 2.07. The third-order valence-electron chi connectivity index (χ3n) is 3.81. The number of carbonyl (C=O) groups excluding carboxylic acids is 1. The molecule has 0 aliphatic rings. The largest absolute Gasteiger partial charge is 0.321 e. The van der Waals surface area contributed by atoms with Crippen LogP contribution in [0, 0.1) is 12.3 Å². The highest BCUT2D eigenvalue weighted by Crippen LogP contribution is 2.16. The molecule has 0 aliphatic heterocycles. The Morgan fingerprint density at radius 1 is 1.20 bits per heavy atom. The van der Waals surface area contributed by atoms with Crippen molar-refractivity contribution in [2.45, 2.75) is 19.9 Å². The highest BCUT2D eigenvalue weighted by molar-refractivity contribution is 6.11. The van der Waals surface area contributed by atoms with Crippen molar-refractivity contribution in [2.75, 3.05) is 5.32 Å². The Kier molecular flexibility index (Phi) is 4.62. The van der Waals surface area contributed by atoms with E-state index in [9.17, 15) is 9.59 Å². The second-order valence-corrected chi connectivity index (χ2v) is 5.60. The predicted octanol–water partition coefficient (Wildman–Crippen LogP) is 3.04. The van der Waals surface area contributed by atoms with Crippen molar-refractivity contribution >= 4 is 22.4 Å². The number of benzene rings is 2. The maximum atomic E-state index is 12.8. The molecular formula is C20H17N3O2. The Labute approximate surface area is 145 Å². The summed E-state index contributed by atoms with van der Waals surface area (Å²) in [5.74, 6) is 2.15. The van der Waals surface area contributed by atoms with Gasteiger partial charge in [-0.3, -0.25) is 9.59 Å². The van der Waals surface area contributed by atoms with Gasteiger partial charge in [0.1, 0.15) is 0 Å². The van der Waals surface area contributed by atoms with Crippen molar-refractivity contribution in [2.24, 2.45) is 0 Å². The lowest BCUT2D eigenvalue weighted by molar-refractivity contribution is 0.102. The number of amides is 1. The van der Waals surface area contributed by atoms with E-state index in [-0.39, 0.29) is 17.2 Å². The van der Waals surface area contributed by atoms with Gasteiger partial charge < -0.3 is 5.32 Å². The molecule has 5 heteroatoms. The molecule has 1 aromatic heterocycles. The minimum Gasteiger partial charge on any atom is -0.321 e. The van der Waals surface area contributed by atoms with Crippen molar-refractivity contribution in [3.8, 4) is 12.3 Å². The Bertz CT molecular complexity index is 1040. The average molecular weight is 331 g/mol. The lowest BCUT2D eigenvalue weighted by Gasteiger charge is -2.11. The van der Waals surface area contributed by atoms with Gasteiger partial charge in [-0.25, -0.2) is 4.68 Å². The van der Waals surface area contributed by atoms with Crippen molar-refractivity contribution in [3.05, 3.63) is 70.1 Å². The summed E-state index contributed by atoms with van der Waals surface area (Å²) in [6, 6.07) is 14.0. The number of hydrogen-bond acceptors (Lipinski definition) is 3. The average Bonchev–Trinajstić information content (AvgIpc) is 2.64. The Morgan fingerprint density at radius 2 is 1.96 bits per heavy atom. The van der Waals surface area contributed by atoms with Gasteiger partial charge in [0, 0.05) is 23.2 Å². The van der Waals surface area contributed by atoms with Gasteiger partial charge in [0.15, 0.2) is 5.69 Å². The highest BCUT2D eigenvalue weighted by atomic mass is 16.2. The first-order chi connectivity index (χ1) is 12.1. The fourth-order valence-electron chi connectivity index (χ4n) is 2.64. The molecule has 3 aromatic rings. The second-order valence-electron chi connectivity index (χ2n) is 5.60. The molecular weight excluding hydrogens is 314 g/mol. The Morgan fingerprint density at radius 3 is 2.68 bits per heavy atom. The molecule has 3 rings (SSSR count). The zero-order chi connectivity index (χ0) is 17.8. The first kappa shape index (κ1) is 16.5. The SMILES string of the molecule is C#Cc1cccc(NC(=O)c2nn(CCC)c(=O)c3ccccc23)c1. The molecule has 124 valence electrons. The number of anilines is 1. The van der Waals surface area contributed by atoms with Crippen LogP contribution < -0.4 is 10.9 Å². The van der Waals surface area contributed by atoms with E-state index >= 15 is 0 Å². The molecule has 1 N–H and O–H groups in total. The number of carbonyl (C=O) groups is 1. The van der Waals surface area contributed by atoms with Crippen LogP contribution in [0.15, 0.2) is 53.3 Å².